The molecule has 1 aliphatic heterocycles. The number of rotatable bonds is 4. The number of aryl methyl sites for hydroxylation is 1. The van der Waals surface area contributed by atoms with Crippen molar-refractivity contribution in [3.63, 3.8) is 0 Å². The van der Waals surface area contributed by atoms with Crippen molar-refractivity contribution in [1.82, 2.24) is 0 Å². The van der Waals surface area contributed by atoms with Crippen LogP contribution >= 0.6 is 11.8 Å². The Morgan fingerprint density at radius 1 is 1.23 bits per heavy atom. The van der Waals surface area contributed by atoms with Crippen LogP contribution in [0.4, 0.5) is 11.4 Å². The van der Waals surface area contributed by atoms with E-state index < -0.39 is 0 Å². The number of amides is 1. The fourth-order valence-corrected chi connectivity index (χ4v) is 4.03. The summed E-state index contributed by atoms with van der Waals surface area (Å²) in [5.74, 6) is 0.681. The molecule has 1 amide bonds. The number of hydrogen-bond acceptors (Lipinski definition) is 3. The molecule has 1 fully saturated rings. The largest absolute Gasteiger partial charge is 0.399 e. The van der Waals surface area contributed by atoms with Crippen molar-refractivity contribution in [1.29, 1.82) is 0 Å². The minimum atomic E-state index is 0.00834. The highest BCUT2D eigenvalue weighted by Crippen LogP contribution is 2.43. The molecule has 2 N–H and O–H groups in total. The fourth-order valence-electron chi connectivity index (χ4n) is 2.87. The van der Waals surface area contributed by atoms with Crippen molar-refractivity contribution in [3.05, 3.63) is 59.7 Å². The molecule has 0 aromatic heterocycles. The summed E-state index contributed by atoms with van der Waals surface area (Å²) in [4.78, 5) is 14.4. The molecule has 114 valence electrons. The first-order valence-electron chi connectivity index (χ1n) is 7.57. The highest BCUT2D eigenvalue weighted by molar-refractivity contribution is 8.00. The van der Waals surface area contributed by atoms with Crippen LogP contribution in [0.2, 0.25) is 0 Å². The third-order valence-corrected chi connectivity index (χ3v) is 5.05. The average molecular weight is 312 g/mol. The number of benzene rings is 2. The van der Waals surface area contributed by atoms with Crippen LogP contribution in [0.15, 0.2) is 48.5 Å². The zero-order chi connectivity index (χ0) is 15.5. The Bertz CT molecular complexity index is 686. The van der Waals surface area contributed by atoms with Crippen LogP contribution in [0.1, 0.15) is 29.8 Å². The third-order valence-electron chi connectivity index (χ3n) is 3.83. The number of nitrogens with two attached hydrogens (primary N) is 1. The van der Waals surface area contributed by atoms with Gasteiger partial charge in [-0.05, 0) is 35.7 Å². The van der Waals surface area contributed by atoms with Crippen molar-refractivity contribution in [2.75, 3.05) is 16.4 Å². The molecule has 0 unspecified atom stereocenters. The van der Waals surface area contributed by atoms with Crippen molar-refractivity contribution in [2.45, 2.75) is 25.1 Å². The second kappa shape index (κ2) is 6.44. The molecular weight excluding hydrogens is 292 g/mol. The highest BCUT2D eigenvalue weighted by atomic mass is 32.2. The molecule has 3 nitrogen and oxygen atoms in total. The van der Waals surface area contributed by atoms with Gasteiger partial charge in [0.25, 0.3) is 0 Å². The van der Waals surface area contributed by atoms with E-state index in [9.17, 15) is 4.79 Å². The van der Waals surface area contributed by atoms with Gasteiger partial charge in [-0.15, -0.1) is 11.8 Å². The van der Waals surface area contributed by atoms with Crippen LogP contribution in [0.5, 0.6) is 0 Å². The van der Waals surface area contributed by atoms with Gasteiger partial charge >= 0.3 is 0 Å². The van der Waals surface area contributed by atoms with Gasteiger partial charge in [-0.25, -0.2) is 0 Å². The summed E-state index contributed by atoms with van der Waals surface area (Å²) in [6, 6.07) is 16.0. The molecule has 2 aromatic carbocycles. The van der Waals surface area contributed by atoms with Crippen molar-refractivity contribution >= 4 is 29.0 Å². The molecule has 22 heavy (non-hydrogen) atoms. The zero-order valence-electron chi connectivity index (χ0n) is 12.7. The second-order valence-corrected chi connectivity index (χ2v) is 6.54. The van der Waals surface area contributed by atoms with Crippen molar-refractivity contribution in [3.8, 4) is 0 Å². The van der Waals surface area contributed by atoms with Gasteiger partial charge in [-0.2, -0.15) is 0 Å². The SMILES string of the molecule is CCCc1ccccc1N1C(=O)CS[C@H]1c1cccc(N)c1. The standard InChI is InChI=1S/C18H20N2OS/c1-2-6-13-7-3-4-10-16(13)20-17(21)12-22-18(20)14-8-5-9-15(19)11-14/h3-5,7-11,18H,2,6,12,19H2,1H3/t18-/m0/s1. The maximum atomic E-state index is 12.5. The van der Waals surface area contributed by atoms with Gasteiger partial charge in [0.15, 0.2) is 0 Å². The van der Waals surface area contributed by atoms with Crippen LogP contribution in [0.3, 0.4) is 0 Å². The monoisotopic (exact) mass is 312 g/mol. The molecule has 0 bridgehead atoms. The maximum Gasteiger partial charge on any atom is 0.238 e. The van der Waals surface area contributed by atoms with Gasteiger partial charge in [0.2, 0.25) is 5.91 Å². The Labute approximate surface area is 135 Å². The van der Waals surface area contributed by atoms with Crippen LogP contribution in [-0.2, 0) is 11.2 Å². The number of para-hydroxylation sites is 1. The Balaban J connectivity index is 2.02. The van der Waals surface area contributed by atoms with E-state index in [2.05, 4.69) is 13.0 Å². The third kappa shape index (κ3) is 2.83. The lowest BCUT2D eigenvalue weighted by Crippen LogP contribution is -2.28. The minimum absolute atomic E-state index is 0.00834. The average Bonchev–Trinajstić information content (AvgIpc) is 2.90. The van der Waals surface area contributed by atoms with Crippen molar-refractivity contribution < 1.29 is 4.79 Å². The summed E-state index contributed by atoms with van der Waals surface area (Å²) in [6.07, 6.45) is 2.05. The van der Waals surface area contributed by atoms with E-state index >= 15 is 0 Å². The summed E-state index contributed by atoms with van der Waals surface area (Å²) in [5, 5.41) is 0.00834. The lowest BCUT2D eigenvalue weighted by molar-refractivity contribution is -0.115. The first kappa shape index (κ1) is 15.0. The van der Waals surface area contributed by atoms with Gasteiger partial charge in [0, 0.05) is 11.4 Å². The van der Waals surface area contributed by atoms with E-state index in [1.807, 2.05) is 47.4 Å². The summed E-state index contributed by atoms with van der Waals surface area (Å²) >= 11 is 1.66. The molecule has 4 heteroatoms. The Morgan fingerprint density at radius 3 is 2.82 bits per heavy atom. The topological polar surface area (TPSA) is 46.3 Å². The quantitative estimate of drug-likeness (QED) is 0.868. The number of carbonyl (C=O) groups excluding carboxylic acids is 1. The fraction of sp³-hybridized carbons (Fsp3) is 0.278. The van der Waals surface area contributed by atoms with Crippen LogP contribution < -0.4 is 10.6 Å². The number of anilines is 2. The molecule has 0 spiro atoms. The van der Waals surface area contributed by atoms with E-state index in [0.717, 1.165) is 29.8 Å². The van der Waals surface area contributed by atoms with Gasteiger partial charge in [0.05, 0.1) is 5.75 Å². The molecule has 1 aliphatic rings. The predicted molar refractivity (Wildman–Crippen MR) is 94.0 cm³/mol. The van der Waals surface area contributed by atoms with Crippen LogP contribution in [0.25, 0.3) is 0 Å². The highest BCUT2D eigenvalue weighted by Gasteiger charge is 2.34. The lowest BCUT2D eigenvalue weighted by atomic mass is 10.1. The maximum absolute atomic E-state index is 12.5. The van der Waals surface area contributed by atoms with E-state index in [0.29, 0.717) is 5.75 Å². The van der Waals surface area contributed by atoms with Crippen LogP contribution in [-0.4, -0.2) is 11.7 Å². The Morgan fingerprint density at radius 2 is 2.05 bits per heavy atom. The molecule has 1 heterocycles. The molecule has 3 rings (SSSR count). The number of nitrogens with zero attached hydrogens (tertiary/aromatic N) is 1. The number of thioether (sulfide) groups is 1. The zero-order valence-corrected chi connectivity index (χ0v) is 13.5. The van der Waals surface area contributed by atoms with Gasteiger partial charge in [0.1, 0.15) is 5.37 Å². The Kier molecular flexibility index (Phi) is 4.39. The first-order chi connectivity index (χ1) is 10.7. The smallest absolute Gasteiger partial charge is 0.238 e. The van der Waals surface area contributed by atoms with E-state index in [-0.39, 0.29) is 11.3 Å². The molecule has 0 aliphatic carbocycles. The van der Waals surface area contributed by atoms with E-state index in [1.165, 1.54) is 5.56 Å². The first-order valence-corrected chi connectivity index (χ1v) is 8.62. The normalized spacial score (nSPS) is 18.0. The number of carbonyl (C=O) groups is 1. The van der Waals surface area contributed by atoms with Gasteiger partial charge in [-0.1, -0.05) is 43.7 Å². The summed E-state index contributed by atoms with van der Waals surface area (Å²) in [7, 11) is 0. The molecule has 1 atom stereocenters. The molecule has 0 radical (unpaired) electrons. The number of nitrogen functional groups attached to an aromatic ring is 1. The van der Waals surface area contributed by atoms with E-state index in [1.54, 1.807) is 11.8 Å². The van der Waals surface area contributed by atoms with Gasteiger partial charge in [-0.3, -0.25) is 9.69 Å². The molecular formula is C18H20N2OS. The molecule has 1 saturated heterocycles. The molecule has 2 aromatic rings. The summed E-state index contributed by atoms with van der Waals surface area (Å²) in [6.45, 7) is 2.16. The summed E-state index contributed by atoms with van der Waals surface area (Å²) < 4.78 is 0. The summed E-state index contributed by atoms with van der Waals surface area (Å²) in [5.41, 5.74) is 10.00. The van der Waals surface area contributed by atoms with Gasteiger partial charge < -0.3 is 5.73 Å². The predicted octanol–water partition coefficient (Wildman–Crippen LogP) is 4.00. The van der Waals surface area contributed by atoms with Crippen molar-refractivity contribution in [2.24, 2.45) is 0 Å². The number of hydrogen-bond donors (Lipinski definition) is 1. The Hall–Kier alpha value is -1.94. The lowest BCUT2D eigenvalue weighted by Gasteiger charge is -2.26. The molecule has 0 saturated carbocycles. The van der Waals surface area contributed by atoms with Crippen LogP contribution in [0, 0.1) is 0 Å². The minimum Gasteiger partial charge on any atom is -0.399 e. The second-order valence-electron chi connectivity index (χ2n) is 5.48. The van der Waals surface area contributed by atoms with E-state index in [4.69, 9.17) is 5.73 Å².